The quantitative estimate of drug-likeness (QED) is 0.584. The molecule has 178 valence electrons. The Labute approximate surface area is 203 Å². The van der Waals surface area contributed by atoms with Crippen LogP contribution in [0.3, 0.4) is 0 Å². The van der Waals surface area contributed by atoms with Crippen molar-refractivity contribution in [1.29, 1.82) is 0 Å². The first-order chi connectivity index (χ1) is 15.8. The van der Waals surface area contributed by atoms with E-state index in [1.54, 1.807) is 11.1 Å². The smallest absolute Gasteiger partial charge is 0.410 e. The highest BCUT2D eigenvalue weighted by atomic mass is 79.9. The summed E-state index contributed by atoms with van der Waals surface area (Å²) in [6.45, 7) is 8.37. The molecule has 1 saturated heterocycles. The van der Waals surface area contributed by atoms with Crippen molar-refractivity contribution in [3.8, 4) is 0 Å². The normalized spacial score (nSPS) is 17.2. The van der Waals surface area contributed by atoms with Gasteiger partial charge in [-0.3, -0.25) is 0 Å². The number of pyridine rings is 1. The van der Waals surface area contributed by atoms with Gasteiger partial charge in [0.25, 0.3) is 0 Å². The molecule has 2 aromatic heterocycles. The number of nitrogens with one attached hydrogen (secondary N) is 2. The van der Waals surface area contributed by atoms with E-state index in [2.05, 4.69) is 46.4 Å². The third-order valence-corrected chi connectivity index (χ3v) is 6.30. The molecular formula is C23H32BrN7O2. The van der Waals surface area contributed by atoms with Gasteiger partial charge in [0.15, 0.2) is 0 Å². The van der Waals surface area contributed by atoms with Gasteiger partial charge in [-0.1, -0.05) is 12.8 Å². The summed E-state index contributed by atoms with van der Waals surface area (Å²) in [4.78, 5) is 29.8. The zero-order valence-corrected chi connectivity index (χ0v) is 21.1. The number of rotatable bonds is 5. The summed E-state index contributed by atoms with van der Waals surface area (Å²) in [5.41, 5.74) is 0.539. The van der Waals surface area contributed by atoms with Gasteiger partial charge in [-0.05, 0) is 61.7 Å². The monoisotopic (exact) mass is 517 g/mol. The van der Waals surface area contributed by atoms with Crippen LogP contribution in [-0.2, 0) is 4.74 Å². The number of halogens is 1. The Morgan fingerprint density at radius 1 is 1.09 bits per heavy atom. The zero-order valence-electron chi connectivity index (χ0n) is 19.5. The molecule has 0 aromatic carbocycles. The van der Waals surface area contributed by atoms with Crippen molar-refractivity contribution in [2.24, 2.45) is 0 Å². The molecule has 0 unspecified atom stereocenters. The van der Waals surface area contributed by atoms with Gasteiger partial charge in [0.1, 0.15) is 17.2 Å². The fourth-order valence-electron chi connectivity index (χ4n) is 4.03. The second-order valence-corrected chi connectivity index (χ2v) is 10.4. The molecule has 1 saturated carbocycles. The molecule has 2 N–H and O–H groups in total. The molecule has 33 heavy (non-hydrogen) atoms. The maximum atomic E-state index is 12.3. The highest BCUT2D eigenvalue weighted by Gasteiger charge is 2.26. The van der Waals surface area contributed by atoms with Crippen molar-refractivity contribution in [3.63, 3.8) is 0 Å². The van der Waals surface area contributed by atoms with Crippen LogP contribution in [0.2, 0.25) is 0 Å². The summed E-state index contributed by atoms with van der Waals surface area (Å²) < 4.78 is 6.33. The SMILES string of the molecule is CC(C)(C)OC(=O)N1CCN(c2ccc(Nc3ncc(Br)c(NC4CCCC4)n3)nc2)CC1. The fourth-order valence-corrected chi connectivity index (χ4v) is 4.33. The molecule has 1 amide bonds. The first-order valence-electron chi connectivity index (χ1n) is 11.5. The molecule has 3 heterocycles. The molecule has 10 heteroatoms. The van der Waals surface area contributed by atoms with Crippen LogP contribution in [0.5, 0.6) is 0 Å². The highest BCUT2D eigenvalue weighted by Crippen LogP contribution is 2.27. The average Bonchev–Trinajstić information content (AvgIpc) is 3.29. The van der Waals surface area contributed by atoms with Crippen molar-refractivity contribution in [1.82, 2.24) is 19.9 Å². The summed E-state index contributed by atoms with van der Waals surface area (Å²) in [6.07, 6.45) is 8.21. The standard InChI is InChI=1S/C23H32BrN7O2/c1-23(2,3)33-22(32)31-12-10-30(11-13-31)17-8-9-19(25-14-17)28-21-26-15-18(24)20(29-21)27-16-6-4-5-7-16/h8-9,14-16H,4-7,10-13H2,1-3H3,(H2,25,26,27,28,29). The summed E-state index contributed by atoms with van der Waals surface area (Å²) in [5.74, 6) is 1.99. The number of nitrogens with zero attached hydrogens (tertiary/aromatic N) is 5. The summed E-state index contributed by atoms with van der Waals surface area (Å²) >= 11 is 3.54. The van der Waals surface area contributed by atoms with Gasteiger partial charge >= 0.3 is 6.09 Å². The molecule has 2 aromatic rings. The number of carbonyl (C=O) groups is 1. The Bertz CT molecular complexity index is 950. The molecule has 1 aliphatic heterocycles. The minimum atomic E-state index is -0.479. The summed E-state index contributed by atoms with van der Waals surface area (Å²) in [6, 6.07) is 4.41. The van der Waals surface area contributed by atoms with E-state index in [1.165, 1.54) is 25.7 Å². The largest absolute Gasteiger partial charge is 0.444 e. The number of amides is 1. The van der Waals surface area contributed by atoms with Crippen LogP contribution in [0.25, 0.3) is 0 Å². The lowest BCUT2D eigenvalue weighted by Gasteiger charge is -2.36. The second-order valence-electron chi connectivity index (χ2n) is 9.50. The first-order valence-corrected chi connectivity index (χ1v) is 12.3. The Morgan fingerprint density at radius 2 is 1.82 bits per heavy atom. The number of anilines is 4. The van der Waals surface area contributed by atoms with Crippen LogP contribution >= 0.6 is 15.9 Å². The van der Waals surface area contributed by atoms with Crippen LogP contribution in [0.15, 0.2) is 29.0 Å². The van der Waals surface area contributed by atoms with E-state index in [0.29, 0.717) is 30.9 Å². The molecule has 0 atom stereocenters. The van der Waals surface area contributed by atoms with Gasteiger partial charge in [-0.15, -0.1) is 0 Å². The average molecular weight is 518 g/mol. The van der Waals surface area contributed by atoms with Gasteiger partial charge in [0, 0.05) is 38.4 Å². The van der Waals surface area contributed by atoms with E-state index in [0.717, 1.165) is 29.1 Å². The molecule has 0 bridgehead atoms. The molecular weight excluding hydrogens is 486 g/mol. The molecule has 2 fully saturated rings. The topological polar surface area (TPSA) is 95.5 Å². The number of carbonyl (C=O) groups excluding carboxylic acids is 1. The predicted octanol–water partition coefficient (Wildman–Crippen LogP) is 4.79. The van der Waals surface area contributed by atoms with Crippen LogP contribution < -0.4 is 15.5 Å². The molecule has 0 spiro atoms. The summed E-state index contributed by atoms with van der Waals surface area (Å²) in [5, 5.41) is 6.70. The van der Waals surface area contributed by atoms with E-state index >= 15 is 0 Å². The van der Waals surface area contributed by atoms with Crippen LogP contribution in [-0.4, -0.2) is 63.8 Å². The van der Waals surface area contributed by atoms with E-state index in [-0.39, 0.29) is 6.09 Å². The molecule has 1 aliphatic carbocycles. The molecule has 9 nitrogen and oxygen atoms in total. The minimum absolute atomic E-state index is 0.254. The van der Waals surface area contributed by atoms with Gasteiger partial charge in [0.05, 0.1) is 16.4 Å². The van der Waals surface area contributed by atoms with Crippen molar-refractivity contribution in [2.45, 2.75) is 58.1 Å². The Balaban J connectivity index is 1.32. The van der Waals surface area contributed by atoms with Crippen molar-refractivity contribution >= 4 is 45.3 Å². The Hall–Kier alpha value is -2.62. The lowest BCUT2D eigenvalue weighted by molar-refractivity contribution is 0.0240. The number of piperazine rings is 1. The Kier molecular flexibility index (Phi) is 7.21. The van der Waals surface area contributed by atoms with Crippen LogP contribution in [0.1, 0.15) is 46.5 Å². The van der Waals surface area contributed by atoms with Crippen LogP contribution in [0.4, 0.5) is 28.1 Å². The van der Waals surface area contributed by atoms with Crippen LogP contribution in [0, 0.1) is 0 Å². The number of hydrogen-bond acceptors (Lipinski definition) is 8. The lowest BCUT2D eigenvalue weighted by atomic mass is 10.2. The fraction of sp³-hybridized carbons (Fsp3) is 0.565. The van der Waals surface area contributed by atoms with E-state index < -0.39 is 5.60 Å². The van der Waals surface area contributed by atoms with Crippen molar-refractivity contribution < 1.29 is 9.53 Å². The van der Waals surface area contributed by atoms with E-state index in [1.807, 2.05) is 39.1 Å². The lowest BCUT2D eigenvalue weighted by Crippen LogP contribution is -2.50. The van der Waals surface area contributed by atoms with Gasteiger partial charge in [0.2, 0.25) is 5.95 Å². The zero-order chi connectivity index (χ0) is 23.4. The van der Waals surface area contributed by atoms with Gasteiger partial charge < -0.3 is 25.2 Å². The Morgan fingerprint density at radius 3 is 2.45 bits per heavy atom. The molecule has 2 aliphatic rings. The van der Waals surface area contributed by atoms with Gasteiger partial charge in [-0.2, -0.15) is 4.98 Å². The third kappa shape index (κ3) is 6.46. The second kappa shape index (κ2) is 10.1. The maximum Gasteiger partial charge on any atom is 0.410 e. The first kappa shape index (κ1) is 23.5. The van der Waals surface area contributed by atoms with Crippen molar-refractivity contribution in [3.05, 3.63) is 29.0 Å². The third-order valence-electron chi connectivity index (χ3n) is 5.72. The van der Waals surface area contributed by atoms with Crippen molar-refractivity contribution in [2.75, 3.05) is 41.7 Å². The molecule has 0 radical (unpaired) electrons. The number of aromatic nitrogens is 3. The predicted molar refractivity (Wildman–Crippen MR) is 133 cm³/mol. The number of hydrogen-bond donors (Lipinski definition) is 2. The van der Waals surface area contributed by atoms with Gasteiger partial charge in [-0.25, -0.2) is 14.8 Å². The minimum Gasteiger partial charge on any atom is -0.444 e. The van der Waals surface area contributed by atoms with E-state index in [9.17, 15) is 4.79 Å². The van der Waals surface area contributed by atoms with E-state index in [4.69, 9.17) is 4.74 Å². The molecule has 4 rings (SSSR count). The maximum absolute atomic E-state index is 12.3. The number of ether oxygens (including phenoxy) is 1. The summed E-state index contributed by atoms with van der Waals surface area (Å²) in [7, 11) is 0. The highest BCUT2D eigenvalue weighted by molar-refractivity contribution is 9.10.